The third kappa shape index (κ3) is 2.91. The van der Waals surface area contributed by atoms with E-state index in [2.05, 4.69) is 9.97 Å². The SMILES string of the molecule is O=C([C@@H]1[C@@H]2C=C[C@@]3(CN(CCc4ccncc4)C(=O)[C@@H]13)O2)N1CCc2ncccc2C1. The summed E-state index contributed by atoms with van der Waals surface area (Å²) in [7, 11) is 0. The summed E-state index contributed by atoms with van der Waals surface area (Å²) in [6, 6.07) is 7.88. The molecule has 2 aromatic rings. The Morgan fingerprint density at radius 3 is 2.97 bits per heavy atom. The number of hydrogen-bond acceptors (Lipinski definition) is 5. The molecule has 2 amide bonds. The van der Waals surface area contributed by atoms with Gasteiger partial charge in [0.25, 0.3) is 0 Å². The lowest BCUT2D eigenvalue weighted by Crippen LogP contribution is -2.47. The minimum absolute atomic E-state index is 0.0278. The molecule has 158 valence electrons. The number of ether oxygens (including phenoxy) is 1. The monoisotopic (exact) mass is 416 g/mol. The standard InChI is InChI=1S/C24H24N4O3/c29-22(27-13-7-18-17(14-27)2-1-9-26-18)20-19-3-8-24(31-19)15-28(23(30)21(20)24)12-6-16-4-10-25-11-5-16/h1-5,8-11,19-21H,6-7,12-15H2/t19-,20+,21+,24-/m0/s1. The summed E-state index contributed by atoms with van der Waals surface area (Å²) in [5.74, 6) is -0.803. The second kappa shape index (κ2) is 6.99. The van der Waals surface area contributed by atoms with Crippen molar-refractivity contribution >= 4 is 11.8 Å². The molecule has 0 radical (unpaired) electrons. The number of rotatable bonds is 4. The number of carbonyl (C=O) groups excluding carboxylic acids is 2. The van der Waals surface area contributed by atoms with E-state index in [4.69, 9.17) is 4.74 Å². The number of amides is 2. The highest BCUT2D eigenvalue weighted by Gasteiger charge is 2.67. The van der Waals surface area contributed by atoms with Gasteiger partial charge in [0, 0.05) is 50.3 Å². The van der Waals surface area contributed by atoms with Gasteiger partial charge in [-0.2, -0.15) is 0 Å². The molecule has 0 aromatic carbocycles. The minimum atomic E-state index is -0.657. The van der Waals surface area contributed by atoms with Crippen molar-refractivity contribution in [1.29, 1.82) is 0 Å². The van der Waals surface area contributed by atoms with Crippen LogP contribution >= 0.6 is 0 Å². The molecule has 2 bridgehead atoms. The Bertz CT molecular complexity index is 1070. The first-order valence-corrected chi connectivity index (χ1v) is 10.9. The van der Waals surface area contributed by atoms with Crippen molar-refractivity contribution < 1.29 is 14.3 Å². The van der Waals surface area contributed by atoms with Crippen LogP contribution in [-0.2, 0) is 33.7 Å². The molecule has 0 saturated carbocycles. The largest absolute Gasteiger partial charge is 0.360 e. The van der Waals surface area contributed by atoms with Gasteiger partial charge in [0.2, 0.25) is 11.8 Å². The highest BCUT2D eigenvalue weighted by atomic mass is 16.5. The number of aromatic nitrogens is 2. The van der Waals surface area contributed by atoms with Gasteiger partial charge >= 0.3 is 0 Å². The lowest BCUT2D eigenvalue weighted by Gasteiger charge is -2.33. The van der Waals surface area contributed by atoms with Gasteiger partial charge in [-0.25, -0.2) is 0 Å². The molecule has 4 aliphatic heterocycles. The van der Waals surface area contributed by atoms with Crippen LogP contribution < -0.4 is 0 Å². The Morgan fingerprint density at radius 1 is 1.23 bits per heavy atom. The molecule has 6 rings (SSSR count). The normalized spacial score (nSPS) is 30.6. The molecule has 4 atom stereocenters. The van der Waals surface area contributed by atoms with Gasteiger partial charge in [0.15, 0.2) is 0 Å². The fourth-order valence-electron chi connectivity index (χ4n) is 5.63. The van der Waals surface area contributed by atoms with E-state index >= 15 is 0 Å². The Balaban J connectivity index is 1.21. The van der Waals surface area contributed by atoms with Gasteiger partial charge < -0.3 is 14.5 Å². The van der Waals surface area contributed by atoms with E-state index in [1.165, 1.54) is 0 Å². The maximum absolute atomic E-state index is 13.6. The van der Waals surface area contributed by atoms with Crippen LogP contribution in [0, 0.1) is 11.8 Å². The van der Waals surface area contributed by atoms with Crippen LogP contribution in [0.1, 0.15) is 16.8 Å². The van der Waals surface area contributed by atoms with Crippen molar-refractivity contribution in [2.75, 3.05) is 19.6 Å². The molecule has 1 spiro atoms. The van der Waals surface area contributed by atoms with Gasteiger partial charge in [0.05, 0.1) is 24.5 Å². The molecule has 0 N–H and O–H groups in total. The fraction of sp³-hybridized carbons (Fsp3) is 0.417. The van der Waals surface area contributed by atoms with Crippen LogP contribution in [0.2, 0.25) is 0 Å². The number of hydrogen-bond donors (Lipinski definition) is 0. The first-order chi connectivity index (χ1) is 15.1. The number of fused-ring (bicyclic) bond motifs is 2. The van der Waals surface area contributed by atoms with Crippen LogP contribution in [0.4, 0.5) is 0 Å². The number of carbonyl (C=O) groups is 2. The van der Waals surface area contributed by atoms with E-state index in [1.54, 1.807) is 18.6 Å². The second-order valence-electron chi connectivity index (χ2n) is 8.88. The molecule has 2 aromatic heterocycles. The highest BCUT2D eigenvalue weighted by Crippen LogP contribution is 2.52. The lowest BCUT2D eigenvalue weighted by atomic mass is 9.76. The van der Waals surface area contributed by atoms with Crippen LogP contribution in [0.15, 0.2) is 55.0 Å². The molecule has 2 fully saturated rings. The van der Waals surface area contributed by atoms with Gasteiger partial charge in [-0.1, -0.05) is 18.2 Å². The zero-order valence-corrected chi connectivity index (χ0v) is 17.2. The Morgan fingerprint density at radius 2 is 2.10 bits per heavy atom. The molecule has 0 unspecified atom stereocenters. The molecule has 2 saturated heterocycles. The topological polar surface area (TPSA) is 75.6 Å². The average Bonchev–Trinajstić information content (AvgIpc) is 3.45. The third-order valence-corrected chi connectivity index (χ3v) is 7.16. The van der Waals surface area contributed by atoms with Crippen molar-refractivity contribution in [1.82, 2.24) is 19.8 Å². The summed E-state index contributed by atoms with van der Waals surface area (Å²) >= 11 is 0. The maximum atomic E-state index is 13.6. The first kappa shape index (κ1) is 18.7. The van der Waals surface area contributed by atoms with Gasteiger partial charge in [-0.3, -0.25) is 19.6 Å². The first-order valence-electron chi connectivity index (χ1n) is 10.9. The maximum Gasteiger partial charge on any atom is 0.230 e. The van der Waals surface area contributed by atoms with Gasteiger partial charge in [0.1, 0.15) is 5.60 Å². The summed E-state index contributed by atoms with van der Waals surface area (Å²) in [5, 5.41) is 0. The molecule has 0 aliphatic carbocycles. The van der Waals surface area contributed by atoms with Crippen molar-refractivity contribution in [3.8, 4) is 0 Å². The molecule has 4 aliphatic rings. The Hall–Kier alpha value is -3.06. The van der Waals surface area contributed by atoms with E-state index in [-0.39, 0.29) is 17.9 Å². The Kier molecular flexibility index (Phi) is 4.21. The van der Waals surface area contributed by atoms with Crippen molar-refractivity contribution in [3.05, 3.63) is 71.8 Å². The quantitative estimate of drug-likeness (QED) is 0.704. The average molecular weight is 416 g/mol. The molecular weight excluding hydrogens is 392 g/mol. The van der Waals surface area contributed by atoms with E-state index in [1.807, 2.05) is 46.2 Å². The summed E-state index contributed by atoms with van der Waals surface area (Å²) in [6.45, 7) is 2.32. The van der Waals surface area contributed by atoms with Crippen LogP contribution in [0.5, 0.6) is 0 Å². The van der Waals surface area contributed by atoms with Crippen molar-refractivity contribution in [2.24, 2.45) is 11.8 Å². The van der Waals surface area contributed by atoms with Crippen LogP contribution in [0.25, 0.3) is 0 Å². The smallest absolute Gasteiger partial charge is 0.230 e. The van der Waals surface area contributed by atoms with Crippen LogP contribution in [-0.4, -0.2) is 62.9 Å². The number of nitrogens with zero attached hydrogens (tertiary/aromatic N) is 4. The van der Waals surface area contributed by atoms with E-state index in [9.17, 15) is 9.59 Å². The zero-order chi connectivity index (χ0) is 21.0. The van der Waals surface area contributed by atoms with E-state index < -0.39 is 17.4 Å². The predicted molar refractivity (Wildman–Crippen MR) is 112 cm³/mol. The number of pyridine rings is 2. The number of likely N-dealkylation sites (tertiary alicyclic amines) is 1. The lowest BCUT2D eigenvalue weighted by molar-refractivity contribution is -0.143. The summed E-state index contributed by atoms with van der Waals surface area (Å²) < 4.78 is 6.29. The van der Waals surface area contributed by atoms with Gasteiger partial charge in [-0.05, 0) is 35.7 Å². The second-order valence-corrected chi connectivity index (χ2v) is 8.88. The highest BCUT2D eigenvalue weighted by molar-refractivity contribution is 5.93. The van der Waals surface area contributed by atoms with Crippen molar-refractivity contribution in [2.45, 2.75) is 31.1 Å². The molecule has 7 nitrogen and oxygen atoms in total. The van der Waals surface area contributed by atoms with Crippen molar-refractivity contribution in [3.63, 3.8) is 0 Å². The summed E-state index contributed by atoms with van der Waals surface area (Å²) in [5.41, 5.74) is 2.64. The summed E-state index contributed by atoms with van der Waals surface area (Å²) in [6.07, 6.45) is 10.5. The third-order valence-electron chi connectivity index (χ3n) is 7.16. The molecule has 31 heavy (non-hydrogen) atoms. The van der Waals surface area contributed by atoms with Gasteiger partial charge in [-0.15, -0.1) is 0 Å². The minimum Gasteiger partial charge on any atom is -0.360 e. The summed E-state index contributed by atoms with van der Waals surface area (Å²) in [4.78, 5) is 39.2. The predicted octanol–water partition coefficient (Wildman–Crippen LogP) is 1.39. The zero-order valence-electron chi connectivity index (χ0n) is 17.2. The van der Waals surface area contributed by atoms with E-state index in [0.29, 0.717) is 26.2 Å². The molecule has 7 heteroatoms. The van der Waals surface area contributed by atoms with E-state index in [0.717, 1.165) is 29.7 Å². The van der Waals surface area contributed by atoms with Crippen LogP contribution in [0.3, 0.4) is 0 Å². The Labute approximate surface area is 180 Å². The molecule has 6 heterocycles. The fourth-order valence-corrected chi connectivity index (χ4v) is 5.63. The molecular formula is C24H24N4O3.